The molecule has 2 rings (SSSR count). The van der Waals surface area contributed by atoms with Crippen LogP contribution in [0.5, 0.6) is 0 Å². The molecule has 0 saturated heterocycles. The van der Waals surface area contributed by atoms with Gasteiger partial charge >= 0.3 is 0 Å². The third kappa shape index (κ3) is 3.49. The molecule has 1 aliphatic rings. The van der Waals surface area contributed by atoms with Gasteiger partial charge in [-0.05, 0) is 35.9 Å². The molecule has 2 heteroatoms. The van der Waals surface area contributed by atoms with E-state index in [1.807, 2.05) is 0 Å². The monoisotopic (exact) mass is 288 g/mol. The van der Waals surface area contributed by atoms with Crippen LogP contribution in [0.2, 0.25) is 0 Å². The van der Waals surface area contributed by atoms with E-state index in [-0.39, 0.29) is 6.04 Å². The summed E-state index contributed by atoms with van der Waals surface area (Å²) in [4.78, 5) is 2.63. The molecule has 0 spiro atoms. The predicted molar refractivity (Wildman–Crippen MR) is 91.5 cm³/mol. The largest absolute Gasteiger partial charge is 0.323 e. The molecular weight excluding hydrogens is 256 g/mol. The van der Waals surface area contributed by atoms with Gasteiger partial charge in [0.05, 0.1) is 0 Å². The first-order chi connectivity index (χ1) is 10.1. The second-order valence-electron chi connectivity index (χ2n) is 6.63. The van der Waals surface area contributed by atoms with E-state index in [9.17, 15) is 0 Å². The highest BCUT2D eigenvalue weighted by atomic mass is 15.2. The number of rotatable bonds is 6. The molecule has 0 aromatic heterocycles. The average molecular weight is 288 g/mol. The summed E-state index contributed by atoms with van der Waals surface area (Å²) in [5.41, 5.74) is 9.47. The fourth-order valence-electron chi connectivity index (χ4n) is 3.86. The van der Waals surface area contributed by atoms with Gasteiger partial charge in [-0.1, -0.05) is 64.8 Å². The van der Waals surface area contributed by atoms with Gasteiger partial charge in [-0.3, -0.25) is 4.90 Å². The summed E-state index contributed by atoms with van der Waals surface area (Å²) in [6.45, 7) is 11.5. The SMILES string of the molecule is CCC(CC)CN(CC)C1CC(C)c2ccccc2C1N. The lowest BCUT2D eigenvalue weighted by atomic mass is 9.77. The van der Waals surface area contributed by atoms with Crippen molar-refractivity contribution >= 4 is 0 Å². The molecular formula is C19H32N2. The maximum Gasteiger partial charge on any atom is 0.0456 e. The Morgan fingerprint density at radius 3 is 2.33 bits per heavy atom. The van der Waals surface area contributed by atoms with Crippen molar-refractivity contribution in [2.24, 2.45) is 11.7 Å². The van der Waals surface area contributed by atoms with Crippen molar-refractivity contribution in [1.82, 2.24) is 4.90 Å². The van der Waals surface area contributed by atoms with Crippen LogP contribution < -0.4 is 5.73 Å². The Hall–Kier alpha value is -0.860. The quantitative estimate of drug-likeness (QED) is 0.844. The van der Waals surface area contributed by atoms with E-state index in [1.54, 1.807) is 0 Å². The predicted octanol–water partition coefficient (Wildman–Crippen LogP) is 4.32. The smallest absolute Gasteiger partial charge is 0.0456 e. The van der Waals surface area contributed by atoms with Crippen molar-refractivity contribution in [3.8, 4) is 0 Å². The van der Waals surface area contributed by atoms with Crippen LogP contribution in [0.4, 0.5) is 0 Å². The Bertz CT molecular complexity index is 439. The standard InChI is InChI=1S/C19H32N2/c1-5-15(6-2)13-21(7-3)18-12-14(4)16-10-8-9-11-17(16)19(18)20/h8-11,14-15,18-19H,5-7,12-13,20H2,1-4H3. The van der Waals surface area contributed by atoms with Crippen LogP contribution >= 0.6 is 0 Å². The van der Waals surface area contributed by atoms with Gasteiger partial charge in [-0.25, -0.2) is 0 Å². The van der Waals surface area contributed by atoms with Crippen LogP contribution in [0.3, 0.4) is 0 Å². The Labute approximate surface area is 130 Å². The Balaban J connectivity index is 2.20. The molecule has 1 aromatic rings. The van der Waals surface area contributed by atoms with Crippen LogP contribution in [0.1, 0.15) is 70.0 Å². The van der Waals surface area contributed by atoms with E-state index in [2.05, 4.69) is 56.9 Å². The fourth-order valence-corrected chi connectivity index (χ4v) is 3.86. The molecule has 3 unspecified atom stereocenters. The molecule has 0 amide bonds. The minimum atomic E-state index is 0.159. The molecule has 2 nitrogen and oxygen atoms in total. The van der Waals surface area contributed by atoms with E-state index in [4.69, 9.17) is 5.73 Å². The molecule has 0 radical (unpaired) electrons. The first kappa shape index (κ1) is 16.5. The normalized spacial score (nSPS) is 25.4. The van der Waals surface area contributed by atoms with Gasteiger partial charge in [0.1, 0.15) is 0 Å². The summed E-state index contributed by atoms with van der Waals surface area (Å²) in [5, 5.41) is 0. The van der Waals surface area contributed by atoms with Crippen LogP contribution in [0.25, 0.3) is 0 Å². The third-order valence-corrected chi connectivity index (χ3v) is 5.42. The van der Waals surface area contributed by atoms with E-state index in [0.717, 1.165) is 12.5 Å². The molecule has 0 fully saturated rings. The van der Waals surface area contributed by atoms with Crippen molar-refractivity contribution in [1.29, 1.82) is 0 Å². The minimum Gasteiger partial charge on any atom is -0.323 e. The highest BCUT2D eigenvalue weighted by Gasteiger charge is 2.34. The van der Waals surface area contributed by atoms with E-state index in [0.29, 0.717) is 12.0 Å². The summed E-state index contributed by atoms with van der Waals surface area (Å²) in [6.07, 6.45) is 3.72. The third-order valence-electron chi connectivity index (χ3n) is 5.42. The summed E-state index contributed by atoms with van der Waals surface area (Å²) >= 11 is 0. The maximum atomic E-state index is 6.65. The molecule has 0 bridgehead atoms. The highest BCUT2D eigenvalue weighted by molar-refractivity contribution is 5.36. The van der Waals surface area contributed by atoms with Crippen LogP contribution in [-0.2, 0) is 0 Å². The molecule has 1 aliphatic carbocycles. The van der Waals surface area contributed by atoms with Gasteiger partial charge in [0.15, 0.2) is 0 Å². The lowest BCUT2D eigenvalue weighted by molar-refractivity contribution is 0.129. The van der Waals surface area contributed by atoms with Gasteiger partial charge < -0.3 is 5.73 Å². The molecule has 0 heterocycles. The zero-order valence-corrected chi connectivity index (χ0v) is 14.2. The zero-order valence-electron chi connectivity index (χ0n) is 14.2. The van der Waals surface area contributed by atoms with Crippen molar-refractivity contribution in [3.05, 3.63) is 35.4 Å². The number of fused-ring (bicyclic) bond motifs is 1. The number of hydrogen-bond donors (Lipinski definition) is 1. The number of nitrogens with zero attached hydrogens (tertiary/aromatic N) is 1. The molecule has 21 heavy (non-hydrogen) atoms. The van der Waals surface area contributed by atoms with Gasteiger partial charge in [-0.15, -0.1) is 0 Å². The number of hydrogen-bond acceptors (Lipinski definition) is 2. The summed E-state index contributed by atoms with van der Waals surface area (Å²) in [5.74, 6) is 1.41. The van der Waals surface area contributed by atoms with E-state index < -0.39 is 0 Å². The molecule has 2 N–H and O–H groups in total. The second-order valence-corrected chi connectivity index (χ2v) is 6.63. The molecule has 0 aliphatic heterocycles. The molecule has 3 atom stereocenters. The first-order valence-corrected chi connectivity index (χ1v) is 8.70. The van der Waals surface area contributed by atoms with Crippen molar-refractivity contribution < 1.29 is 0 Å². The summed E-state index contributed by atoms with van der Waals surface area (Å²) in [7, 11) is 0. The Morgan fingerprint density at radius 1 is 1.14 bits per heavy atom. The Morgan fingerprint density at radius 2 is 1.76 bits per heavy atom. The summed E-state index contributed by atoms with van der Waals surface area (Å²) in [6, 6.07) is 9.41. The number of nitrogens with two attached hydrogens (primary N) is 1. The van der Waals surface area contributed by atoms with Crippen molar-refractivity contribution in [2.75, 3.05) is 13.1 Å². The van der Waals surface area contributed by atoms with Crippen molar-refractivity contribution in [2.45, 2.75) is 65.0 Å². The average Bonchev–Trinajstić information content (AvgIpc) is 2.53. The lowest BCUT2D eigenvalue weighted by Gasteiger charge is -2.42. The van der Waals surface area contributed by atoms with E-state index in [1.165, 1.54) is 36.9 Å². The van der Waals surface area contributed by atoms with Gasteiger partial charge in [0.25, 0.3) is 0 Å². The molecule has 118 valence electrons. The fraction of sp³-hybridized carbons (Fsp3) is 0.684. The first-order valence-electron chi connectivity index (χ1n) is 8.70. The number of likely N-dealkylation sites (N-methyl/N-ethyl adjacent to an activating group) is 1. The van der Waals surface area contributed by atoms with Crippen LogP contribution in [0.15, 0.2) is 24.3 Å². The zero-order chi connectivity index (χ0) is 15.4. The molecule has 0 saturated carbocycles. The Kier molecular flexibility index (Phi) is 5.83. The van der Waals surface area contributed by atoms with Crippen LogP contribution in [0, 0.1) is 5.92 Å². The second kappa shape index (κ2) is 7.42. The van der Waals surface area contributed by atoms with E-state index >= 15 is 0 Å². The topological polar surface area (TPSA) is 29.3 Å². The van der Waals surface area contributed by atoms with Crippen LogP contribution in [-0.4, -0.2) is 24.0 Å². The van der Waals surface area contributed by atoms with Gasteiger partial charge in [-0.2, -0.15) is 0 Å². The molecule has 1 aromatic carbocycles. The summed E-state index contributed by atoms with van der Waals surface area (Å²) < 4.78 is 0. The lowest BCUT2D eigenvalue weighted by Crippen LogP contribution is -2.47. The van der Waals surface area contributed by atoms with Gasteiger partial charge in [0.2, 0.25) is 0 Å². The number of benzene rings is 1. The van der Waals surface area contributed by atoms with Gasteiger partial charge in [0, 0.05) is 18.6 Å². The minimum absolute atomic E-state index is 0.159. The highest BCUT2D eigenvalue weighted by Crippen LogP contribution is 2.38. The maximum absolute atomic E-state index is 6.65. The van der Waals surface area contributed by atoms with Crippen molar-refractivity contribution in [3.63, 3.8) is 0 Å².